The molecule has 1 fully saturated rings. The van der Waals surface area contributed by atoms with E-state index >= 15 is 0 Å². The van der Waals surface area contributed by atoms with Crippen molar-refractivity contribution in [3.8, 4) is 0 Å². The van der Waals surface area contributed by atoms with Crippen molar-refractivity contribution in [1.82, 2.24) is 9.55 Å². The first-order chi connectivity index (χ1) is 10.4. The second kappa shape index (κ2) is 6.72. The van der Waals surface area contributed by atoms with Gasteiger partial charge in [-0.1, -0.05) is 19.8 Å². The average Bonchev–Trinajstić information content (AvgIpc) is 2.68. The molecule has 0 aromatic carbocycles. The fraction of sp³-hybridized carbons (Fsp3) is 0.714. The van der Waals surface area contributed by atoms with Crippen LogP contribution in [0.4, 0.5) is 10.2 Å². The molecule has 0 saturated carbocycles. The first kappa shape index (κ1) is 16.9. The van der Waals surface area contributed by atoms with Crippen LogP contribution in [0.5, 0.6) is 0 Å². The minimum absolute atomic E-state index is 0.335. The third-order valence-electron chi connectivity index (χ3n) is 3.74. The van der Waals surface area contributed by atoms with Crippen molar-refractivity contribution < 1.29 is 19.3 Å². The zero-order chi connectivity index (χ0) is 16.3. The molecule has 0 amide bonds. The zero-order valence-electron chi connectivity index (χ0n) is 12.7. The molecule has 1 aromatic rings. The van der Waals surface area contributed by atoms with E-state index in [0.29, 0.717) is 16.9 Å². The van der Waals surface area contributed by atoms with Gasteiger partial charge in [-0.25, -0.2) is 9.36 Å². The number of aromatic nitrogens is 2. The number of halogens is 1. The Bertz CT molecular complexity index is 567. The smallest absolute Gasteiger partial charge is 0.354 e. The van der Waals surface area contributed by atoms with Crippen molar-refractivity contribution in [3.05, 3.63) is 22.7 Å². The third kappa shape index (κ3) is 3.13. The molecular weight excluding hydrogens is 293 g/mol. The molecule has 0 aliphatic carbocycles. The highest BCUT2D eigenvalue weighted by atomic mass is 19.2. The molecule has 0 spiro atoms. The predicted octanol–water partition coefficient (Wildman–Crippen LogP) is 0.566. The standard InChI is InChI=1S/C14H22FN3O4/c1-3-4-5-7-16-10-6-8-18(13(21)17-10)14(15)12(20)11(19)9(2)22-14/h6,8-9,11-12,19-20H,3-5,7H2,1-2H3,(H,16,17,21)/t9-,11-,12-,14+/m1/s1. The van der Waals surface area contributed by atoms with Crippen LogP contribution in [-0.4, -0.2) is 44.6 Å². The van der Waals surface area contributed by atoms with Crippen LogP contribution in [0.25, 0.3) is 0 Å². The molecule has 4 atom stereocenters. The molecular formula is C14H22FN3O4. The molecule has 0 unspecified atom stereocenters. The fourth-order valence-corrected chi connectivity index (χ4v) is 2.39. The maximum absolute atomic E-state index is 14.8. The molecule has 1 aliphatic heterocycles. The molecule has 0 radical (unpaired) electrons. The van der Waals surface area contributed by atoms with Crippen LogP contribution in [0.1, 0.15) is 33.1 Å². The van der Waals surface area contributed by atoms with Gasteiger partial charge < -0.3 is 20.3 Å². The summed E-state index contributed by atoms with van der Waals surface area (Å²) < 4.78 is 20.2. The lowest BCUT2D eigenvalue weighted by Crippen LogP contribution is -2.47. The molecule has 124 valence electrons. The highest BCUT2D eigenvalue weighted by Crippen LogP contribution is 2.35. The van der Waals surface area contributed by atoms with Gasteiger partial charge in [0.25, 0.3) is 0 Å². The second-order valence-electron chi connectivity index (χ2n) is 5.47. The Morgan fingerprint density at radius 3 is 2.77 bits per heavy atom. The van der Waals surface area contributed by atoms with E-state index in [2.05, 4.69) is 17.2 Å². The lowest BCUT2D eigenvalue weighted by molar-refractivity contribution is -0.234. The zero-order valence-corrected chi connectivity index (χ0v) is 12.7. The van der Waals surface area contributed by atoms with E-state index in [1.54, 1.807) is 0 Å². The Morgan fingerprint density at radius 2 is 2.23 bits per heavy atom. The van der Waals surface area contributed by atoms with Crippen LogP contribution >= 0.6 is 0 Å². The molecule has 7 nitrogen and oxygen atoms in total. The summed E-state index contributed by atoms with van der Waals surface area (Å²) in [6, 6.07) is 1.43. The van der Waals surface area contributed by atoms with Gasteiger partial charge in [0.1, 0.15) is 11.9 Å². The van der Waals surface area contributed by atoms with Crippen LogP contribution < -0.4 is 11.0 Å². The van der Waals surface area contributed by atoms with E-state index in [4.69, 9.17) is 4.74 Å². The number of unbranched alkanes of at least 4 members (excludes halogenated alkanes) is 2. The van der Waals surface area contributed by atoms with Gasteiger partial charge in [0, 0.05) is 12.7 Å². The molecule has 1 saturated heterocycles. The number of hydrogen-bond donors (Lipinski definition) is 3. The average molecular weight is 315 g/mol. The van der Waals surface area contributed by atoms with E-state index in [0.717, 1.165) is 25.5 Å². The summed E-state index contributed by atoms with van der Waals surface area (Å²) in [6.07, 6.45) is 0.0446. The van der Waals surface area contributed by atoms with E-state index < -0.39 is 30.0 Å². The van der Waals surface area contributed by atoms with Crippen LogP contribution in [0.15, 0.2) is 17.1 Å². The molecule has 0 bridgehead atoms. The topological polar surface area (TPSA) is 96.6 Å². The second-order valence-corrected chi connectivity index (χ2v) is 5.47. The first-order valence-corrected chi connectivity index (χ1v) is 7.47. The Morgan fingerprint density at radius 1 is 1.50 bits per heavy atom. The number of nitrogens with zero attached hydrogens (tertiary/aromatic N) is 2. The molecule has 22 heavy (non-hydrogen) atoms. The van der Waals surface area contributed by atoms with Crippen molar-refractivity contribution in [2.24, 2.45) is 0 Å². The number of rotatable bonds is 6. The van der Waals surface area contributed by atoms with Gasteiger partial charge in [-0.3, -0.25) is 0 Å². The number of ether oxygens (including phenoxy) is 1. The Labute approximate surface area is 127 Å². The van der Waals surface area contributed by atoms with Gasteiger partial charge in [0.2, 0.25) is 0 Å². The number of aliphatic hydroxyl groups is 2. The number of alkyl halides is 1. The van der Waals surface area contributed by atoms with E-state index in [1.807, 2.05) is 0 Å². The van der Waals surface area contributed by atoms with Gasteiger partial charge >= 0.3 is 11.7 Å². The quantitative estimate of drug-likeness (QED) is 0.664. The normalized spacial score (nSPS) is 31.4. The summed E-state index contributed by atoms with van der Waals surface area (Å²) >= 11 is 0. The first-order valence-electron chi connectivity index (χ1n) is 7.47. The van der Waals surface area contributed by atoms with Crippen LogP contribution in [-0.2, 0) is 10.7 Å². The Balaban J connectivity index is 2.15. The molecule has 8 heteroatoms. The van der Waals surface area contributed by atoms with Crippen molar-refractivity contribution in [2.75, 3.05) is 11.9 Å². The molecule has 3 N–H and O–H groups in total. The van der Waals surface area contributed by atoms with Crippen molar-refractivity contribution >= 4 is 5.82 Å². The minimum atomic E-state index is -2.82. The summed E-state index contributed by atoms with van der Waals surface area (Å²) in [5.41, 5.74) is -0.900. The maximum atomic E-state index is 14.8. The monoisotopic (exact) mass is 315 g/mol. The summed E-state index contributed by atoms with van der Waals surface area (Å²) in [4.78, 5) is 15.7. The van der Waals surface area contributed by atoms with Crippen LogP contribution in [0.3, 0.4) is 0 Å². The summed E-state index contributed by atoms with van der Waals surface area (Å²) in [6.45, 7) is 4.17. The lowest BCUT2D eigenvalue weighted by atomic mass is 10.1. The minimum Gasteiger partial charge on any atom is -0.387 e. The largest absolute Gasteiger partial charge is 0.387 e. The summed E-state index contributed by atoms with van der Waals surface area (Å²) in [7, 11) is 0. The highest BCUT2D eigenvalue weighted by Gasteiger charge is 2.55. The van der Waals surface area contributed by atoms with Gasteiger partial charge in [-0.2, -0.15) is 9.37 Å². The van der Waals surface area contributed by atoms with Gasteiger partial charge in [0.05, 0.1) is 6.10 Å². The van der Waals surface area contributed by atoms with Crippen LogP contribution in [0, 0.1) is 0 Å². The van der Waals surface area contributed by atoms with Crippen LogP contribution in [0.2, 0.25) is 0 Å². The molecule has 1 aliphatic rings. The van der Waals surface area contributed by atoms with Gasteiger partial charge in [-0.15, -0.1) is 0 Å². The SMILES string of the molecule is CCCCCNc1ccn([C@]2(F)O[C@H](C)[C@@H](O)[C@H]2O)c(=O)n1. The molecule has 2 heterocycles. The van der Waals surface area contributed by atoms with Gasteiger partial charge in [-0.05, 0) is 19.4 Å². The Hall–Kier alpha value is -1.51. The number of anilines is 1. The van der Waals surface area contributed by atoms with E-state index in [-0.39, 0.29) is 0 Å². The maximum Gasteiger partial charge on any atom is 0.354 e. The van der Waals surface area contributed by atoms with Crippen molar-refractivity contribution in [2.45, 2.75) is 57.4 Å². The summed E-state index contributed by atoms with van der Waals surface area (Å²) in [5, 5.41) is 22.4. The molecule has 2 rings (SSSR count). The highest BCUT2D eigenvalue weighted by molar-refractivity contribution is 5.31. The number of nitrogens with one attached hydrogen (secondary N) is 1. The Kier molecular flexibility index (Phi) is 5.15. The van der Waals surface area contributed by atoms with Crippen molar-refractivity contribution in [1.29, 1.82) is 0 Å². The van der Waals surface area contributed by atoms with Gasteiger partial charge in [0.15, 0.2) is 6.10 Å². The van der Waals surface area contributed by atoms with E-state index in [9.17, 15) is 19.4 Å². The van der Waals surface area contributed by atoms with E-state index in [1.165, 1.54) is 13.0 Å². The summed E-state index contributed by atoms with van der Waals surface area (Å²) in [5.74, 6) is -2.48. The third-order valence-corrected chi connectivity index (χ3v) is 3.74. The number of aliphatic hydroxyl groups excluding tert-OH is 2. The predicted molar refractivity (Wildman–Crippen MR) is 78.2 cm³/mol. The fourth-order valence-electron chi connectivity index (χ4n) is 2.39. The number of hydrogen-bond acceptors (Lipinski definition) is 6. The molecule has 1 aromatic heterocycles. The lowest BCUT2D eigenvalue weighted by Gasteiger charge is -2.24. The van der Waals surface area contributed by atoms with Crippen molar-refractivity contribution in [3.63, 3.8) is 0 Å².